The maximum absolute atomic E-state index is 13.2. The summed E-state index contributed by atoms with van der Waals surface area (Å²) in [6.07, 6.45) is 5.67. The van der Waals surface area contributed by atoms with Crippen LogP contribution in [0.4, 0.5) is 4.39 Å². The van der Waals surface area contributed by atoms with E-state index in [1.807, 2.05) is 0 Å². The van der Waals surface area contributed by atoms with Gasteiger partial charge in [-0.15, -0.1) is 0 Å². The van der Waals surface area contributed by atoms with Gasteiger partial charge in [-0.3, -0.25) is 4.90 Å². The topological polar surface area (TPSA) is 46.3 Å². The molecule has 1 atom stereocenters. The van der Waals surface area contributed by atoms with Crippen LogP contribution in [0.5, 0.6) is 0 Å². The van der Waals surface area contributed by atoms with Crippen LogP contribution in [0.15, 0.2) is 34.9 Å². The van der Waals surface area contributed by atoms with Crippen molar-refractivity contribution in [3.63, 3.8) is 0 Å². The van der Waals surface area contributed by atoms with Gasteiger partial charge in [0.2, 0.25) is 5.89 Å². The molecule has 1 aliphatic rings. The van der Waals surface area contributed by atoms with Crippen molar-refractivity contribution < 1.29 is 13.6 Å². The van der Waals surface area contributed by atoms with Gasteiger partial charge in [-0.1, -0.05) is 12.5 Å². The third-order valence-corrected chi connectivity index (χ3v) is 3.81. The molecule has 1 unspecified atom stereocenters. The normalized spacial score (nSPS) is 19.6. The summed E-state index contributed by atoms with van der Waals surface area (Å²) in [5, 5.41) is 0. The zero-order valence-electron chi connectivity index (χ0n) is 11.7. The molecule has 4 nitrogen and oxygen atoms in total. The summed E-state index contributed by atoms with van der Waals surface area (Å²) in [6, 6.07) is 6.13. The summed E-state index contributed by atoms with van der Waals surface area (Å²) in [7, 11) is 0. The number of oxazole rings is 1. The third kappa shape index (κ3) is 3.19. The smallest absolute Gasteiger partial charge is 0.226 e. The second-order valence-corrected chi connectivity index (χ2v) is 5.32. The van der Waals surface area contributed by atoms with Crippen LogP contribution in [0, 0.1) is 5.82 Å². The van der Waals surface area contributed by atoms with Gasteiger partial charge in [-0.2, -0.15) is 0 Å². The Kier molecular flexibility index (Phi) is 4.10. The minimum Gasteiger partial charge on any atom is -0.444 e. The van der Waals surface area contributed by atoms with Crippen molar-refractivity contribution in [3.05, 3.63) is 42.0 Å². The van der Waals surface area contributed by atoms with E-state index in [-0.39, 0.29) is 11.9 Å². The molecule has 3 rings (SSSR count). The van der Waals surface area contributed by atoms with Gasteiger partial charge >= 0.3 is 0 Å². The van der Waals surface area contributed by atoms with E-state index in [1.165, 1.54) is 12.1 Å². The fourth-order valence-corrected chi connectivity index (χ4v) is 2.71. The molecule has 0 spiro atoms. The molecule has 1 aromatic carbocycles. The average molecular weight is 288 g/mol. The Bertz CT molecular complexity index is 626. The molecule has 0 N–H and O–H groups in total. The number of benzene rings is 1. The van der Waals surface area contributed by atoms with Crippen molar-refractivity contribution in [1.29, 1.82) is 0 Å². The molecule has 2 aromatic rings. The number of carbonyl (C=O) groups is 1. The molecular formula is C16H17FN2O2. The van der Waals surface area contributed by atoms with Crippen LogP contribution < -0.4 is 0 Å². The maximum Gasteiger partial charge on any atom is 0.226 e. The summed E-state index contributed by atoms with van der Waals surface area (Å²) in [4.78, 5) is 17.6. The maximum atomic E-state index is 13.2. The van der Waals surface area contributed by atoms with Crippen LogP contribution in [0.1, 0.15) is 25.0 Å². The lowest BCUT2D eigenvalue weighted by Gasteiger charge is -2.31. The monoisotopic (exact) mass is 288 g/mol. The molecular weight excluding hydrogens is 271 g/mol. The van der Waals surface area contributed by atoms with Crippen LogP contribution in [0.3, 0.4) is 0 Å². The molecule has 1 saturated heterocycles. The SMILES string of the molecule is O=CC1CCCCN1Cc1coc(-c2cccc(F)c2)n1. The first-order valence-electron chi connectivity index (χ1n) is 7.16. The Hall–Kier alpha value is -2.01. The summed E-state index contributed by atoms with van der Waals surface area (Å²) in [5.41, 5.74) is 1.38. The van der Waals surface area contributed by atoms with Crippen LogP contribution in [-0.2, 0) is 11.3 Å². The first-order chi connectivity index (χ1) is 10.3. The molecule has 0 saturated carbocycles. The van der Waals surface area contributed by atoms with Crippen molar-refractivity contribution in [2.24, 2.45) is 0 Å². The highest BCUT2D eigenvalue weighted by atomic mass is 19.1. The lowest BCUT2D eigenvalue weighted by Crippen LogP contribution is -2.39. The molecule has 2 heterocycles. The van der Waals surface area contributed by atoms with E-state index in [0.717, 1.165) is 37.8 Å². The number of likely N-dealkylation sites (tertiary alicyclic amines) is 1. The average Bonchev–Trinajstić information content (AvgIpc) is 2.96. The van der Waals surface area contributed by atoms with Crippen LogP contribution >= 0.6 is 0 Å². The minimum absolute atomic E-state index is 0.0342. The van der Waals surface area contributed by atoms with Crippen molar-refractivity contribution in [1.82, 2.24) is 9.88 Å². The van der Waals surface area contributed by atoms with Gasteiger partial charge in [-0.25, -0.2) is 9.37 Å². The first kappa shape index (κ1) is 13.9. The van der Waals surface area contributed by atoms with Crippen LogP contribution in [0.2, 0.25) is 0 Å². The van der Waals surface area contributed by atoms with Crippen LogP contribution in [-0.4, -0.2) is 28.8 Å². The fourth-order valence-electron chi connectivity index (χ4n) is 2.71. The second-order valence-electron chi connectivity index (χ2n) is 5.32. The Morgan fingerprint density at radius 1 is 1.43 bits per heavy atom. The molecule has 0 amide bonds. The van der Waals surface area contributed by atoms with Crippen molar-refractivity contribution in [2.45, 2.75) is 31.8 Å². The Labute approximate surface area is 122 Å². The van der Waals surface area contributed by atoms with Gasteiger partial charge in [0.1, 0.15) is 18.4 Å². The first-order valence-corrected chi connectivity index (χ1v) is 7.16. The van der Waals surface area contributed by atoms with E-state index in [9.17, 15) is 9.18 Å². The molecule has 5 heteroatoms. The van der Waals surface area contributed by atoms with Gasteiger partial charge in [-0.05, 0) is 37.6 Å². The zero-order chi connectivity index (χ0) is 14.7. The highest BCUT2D eigenvalue weighted by Gasteiger charge is 2.22. The highest BCUT2D eigenvalue weighted by molar-refractivity contribution is 5.57. The van der Waals surface area contributed by atoms with Crippen molar-refractivity contribution in [2.75, 3.05) is 6.54 Å². The van der Waals surface area contributed by atoms with E-state index in [0.29, 0.717) is 18.0 Å². The quantitative estimate of drug-likeness (QED) is 0.811. The number of aldehydes is 1. The summed E-state index contributed by atoms with van der Waals surface area (Å²) in [6.45, 7) is 1.48. The number of hydrogen-bond acceptors (Lipinski definition) is 4. The Morgan fingerprint density at radius 2 is 2.33 bits per heavy atom. The molecule has 0 bridgehead atoms. The van der Waals surface area contributed by atoms with E-state index < -0.39 is 0 Å². The van der Waals surface area contributed by atoms with E-state index in [4.69, 9.17) is 4.42 Å². The molecule has 21 heavy (non-hydrogen) atoms. The molecule has 1 fully saturated rings. The number of halogens is 1. The molecule has 1 aliphatic heterocycles. The number of nitrogens with zero attached hydrogens (tertiary/aromatic N) is 2. The summed E-state index contributed by atoms with van der Waals surface area (Å²) >= 11 is 0. The number of piperidine rings is 1. The molecule has 1 aromatic heterocycles. The number of rotatable bonds is 4. The second kappa shape index (κ2) is 6.18. The zero-order valence-corrected chi connectivity index (χ0v) is 11.7. The van der Waals surface area contributed by atoms with Crippen molar-refractivity contribution >= 4 is 6.29 Å². The third-order valence-electron chi connectivity index (χ3n) is 3.81. The highest BCUT2D eigenvalue weighted by Crippen LogP contribution is 2.22. The van der Waals surface area contributed by atoms with Crippen molar-refractivity contribution in [3.8, 4) is 11.5 Å². The van der Waals surface area contributed by atoms with E-state index in [1.54, 1.807) is 18.4 Å². The largest absolute Gasteiger partial charge is 0.444 e. The predicted octanol–water partition coefficient (Wildman–Crippen LogP) is 3.03. The van der Waals surface area contributed by atoms with Gasteiger partial charge in [0.15, 0.2) is 0 Å². The van der Waals surface area contributed by atoms with E-state index >= 15 is 0 Å². The van der Waals surface area contributed by atoms with Gasteiger partial charge in [0, 0.05) is 12.1 Å². The summed E-state index contributed by atoms with van der Waals surface area (Å²) in [5.74, 6) is 0.0912. The molecule has 0 aliphatic carbocycles. The number of carbonyl (C=O) groups excluding carboxylic acids is 1. The van der Waals surface area contributed by atoms with Gasteiger partial charge in [0.05, 0.1) is 11.7 Å². The Balaban J connectivity index is 1.74. The Morgan fingerprint density at radius 3 is 3.14 bits per heavy atom. The minimum atomic E-state index is -0.315. The van der Waals surface area contributed by atoms with E-state index in [2.05, 4.69) is 9.88 Å². The van der Waals surface area contributed by atoms with Crippen LogP contribution in [0.25, 0.3) is 11.5 Å². The fraction of sp³-hybridized carbons (Fsp3) is 0.375. The number of hydrogen-bond donors (Lipinski definition) is 0. The predicted molar refractivity (Wildman–Crippen MR) is 76.0 cm³/mol. The lowest BCUT2D eigenvalue weighted by molar-refractivity contribution is -0.113. The standard InChI is InChI=1S/C16H17FN2O2/c17-13-5-3-4-12(8-13)16-18-14(11-21-16)9-19-7-2-1-6-15(19)10-20/h3-5,8,10-11,15H,1-2,6-7,9H2. The molecule has 0 radical (unpaired) electrons. The lowest BCUT2D eigenvalue weighted by atomic mass is 10.0. The van der Waals surface area contributed by atoms with Gasteiger partial charge < -0.3 is 9.21 Å². The number of aromatic nitrogens is 1. The summed E-state index contributed by atoms with van der Waals surface area (Å²) < 4.78 is 18.6. The van der Waals surface area contributed by atoms with Gasteiger partial charge in [0.25, 0.3) is 0 Å². The molecule has 110 valence electrons.